The molecular weight excluding hydrogens is 274 g/mol. The Bertz CT molecular complexity index is 801. The third-order valence-electron chi connectivity index (χ3n) is 3.47. The fourth-order valence-corrected chi connectivity index (χ4v) is 2.63. The third-order valence-corrected chi connectivity index (χ3v) is 3.47. The molecule has 2 aromatic heterocycles. The van der Waals surface area contributed by atoms with Crippen LogP contribution in [0.4, 0.5) is 0 Å². The first-order valence-electron chi connectivity index (χ1n) is 7.08. The highest BCUT2D eigenvalue weighted by Crippen LogP contribution is 2.10. The molecule has 0 saturated carbocycles. The fourth-order valence-electron chi connectivity index (χ4n) is 2.63. The number of allylic oxidation sites excluding steroid dienone is 1. The minimum atomic E-state index is 0.0724. The predicted octanol–water partition coefficient (Wildman–Crippen LogP) is 1.30. The molecule has 2 aromatic rings. The van der Waals surface area contributed by atoms with Crippen molar-refractivity contribution in [2.75, 3.05) is 20.6 Å². The first-order valence-corrected chi connectivity index (χ1v) is 7.08. The van der Waals surface area contributed by atoms with Gasteiger partial charge in [0.25, 0.3) is 0 Å². The SMILES string of the molecule is C=C/C=c1/c(C(=O)CN(C)C)c(C)n(-c2cccnc2)c1=C. The standard InChI is InChI=1S/C18H21N3O/c1-6-8-16-13(2)21(15-9-7-10-19-11-15)14(3)18(16)17(22)12-20(4)5/h6-11H,1-2,12H2,3-5H3/b16-8+. The monoisotopic (exact) mass is 295 g/mol. The van der Waals surface area contributed by atoms with Gasteiger partial charge in [0.2, 0.25) is 0 Å². The summed E-state index contributed by atoms with van der Waals surface area (Å²) < 4.78 is 1.96. The lowest BCUT2D eigenvalue weighted by Gasteiger charge is -2.09. The predicted molar refractivity (Wildman–Crippen MR) is 90.6 cm³/mol. The van der Waals surface area contributed by atoms with Gasteiger partial charge in [-0.2, -0.15) is 0 Å². The summed E-state index contributed by atoms with van der Waals surface area (Å²) in [6, 6.07) is 3.82. The van der Waals surface area contributed by atoms with Gasteiger partial charge in [0.05, 0.1) is 18.4 Å². The van der Waals surface area contributed by atoms with Crippen LogP contribution in [0.25, 0.3) is 18.3 Å². The van der Waals surface area contributed by atoms with Crippen molar-refractivity contribution in [3.63, 3.8) is 0 Å². The number of nitrogens with zero attached hydrogens (tertiary/aromatic N) is 3. The summed E-state index contributed by atoms with van der Waals surface area (Å²) in [6.07, 6.45) is 7.01. The van der Waals surface area contributed by atoms with Gasteiger partial charge >= 0.3 is 0 Å². The number of ketones is 1. The van der Waals surface area contributed by atoms with E-state index in [1.165, 1.54) is 0 Å². The second kappa shape index (κ2) is 6.54. The molecule has 0 aliphatic heterocycles. The van der Waals surface area contributed by atoms with Crippen LogP contribution in [0.5, 0.6) is 0 Å². The number of hydrogen-bond donors (Lipinski definition) is 0. The van der Waals surface area contributed by atoms with Gasteiger partial charge in [-0.3, -0.25) is 9.78 Å². The lowest BCUT2D eigenvalue weighted by atomic mass is 10.1. The molecule has 2 rings (SSSR count). The van der Waals surface area contributed by atoms with Crippen LogP contribution in [-0.4, -0.2) is 40.9 Å². The van der Waals surface area contributed by atoms with Crippen molar-refractivity contribution in [2.45, 2.75) is 6.92 Å². The van der Waals surface area contributed by atoms with Gasteiger partial charge in [0.15, 0.2) is 5.78 Å². The zero-order valence-corrected chi connectivity index (χ0v) is 13.3. The van der Waals surface area contributed by atoms with Crippen LogP contribution in [0.15, 0.2) is 37.2 Å². The van der Waals surface area contributed by atoms with Gasteiger partial charge in [0.1, 0.15) is 0 Å². The quantitative estimate of drug-likeness (QED) is 0.781. The summed E-state index contributed by atoms with van der Waals surface area (Å²) in [5.74, 6) is 0.0724. The third kappa shape index (κ3) is 2.92. The van der Waals surface area contributed by atoms with Crippen molar-refractivity contribution >= 4 is 18.4 Å². The molecule has 0 aliphatic carbocycles. The summed E-state index contributed by atoms with van der Waals surface area (Å²) >= 11 is 0. The van der Waals surface area contributed by atoms with E-state index in [9.17, 15) is 4.79 Å². The number of likely N-dealkylation sites (N-methyl/N-ethyl adjacent to an activating group) is 1. The summed E-state index contributed by atoms with van der Waals surface area (Å²) in [7, 11) is 3.76. The number of carbonyl (C=O) groups excluding carboxylic acids is 1. The highest BCUT2D eigenvalue weighted by Gasteiger charge is 2.18. The molecular formula is C18H21N3O. The molecule has 4 nitrogen and oxygen atoms in total. The number of hydrogen-bond acceptors (Lipinski definition) is 3. The normalized spacial score (nSPS) is 11.9. The zero-order valence-electron chi connectivity index (χ0n) is 13.3. The van der Waals surface area contributed by atoms with Crippen LogP contribution in [0.1, 0.15) is 16.1 Å². The van der Waals surface area contributed by atoms with E-state index in [-0.39, 0.29) is 5.78 Å². The molecule has 0 bridgehead atoms. The van der Waals surface area contributed by atoms with Crippen LogP contribution in [0.3, 0.4) is 0 Å². The summed E-state index contributed by atoms with van der Waals surface area (Å²) in [5, 5.41) is 1.59. The molecule has 0 atom stereocenters. The molecule has 0 spiro atoms. The van der Waals surface area contributed by atoms with Crippen molar-refractivity contribution in [1.82, 2.24) is 14.5 Å². The number of carbonyl (C=O) groups is 1. The van der Waals surface area contributed by atoms with Crippen LogP contribution in [0, 0.1) is 6.92 Å². The number of pyridine rings is 1. The average Bonchev–Trinajstić information content (AvgIpc) is 2.71. The largest absolute Gasteiger partial charge is 0.312 e. The molecule has 114 valence electrons. The second-order valence-corrected chi connectivity index (χ2v) is 5.43. The highest BCUT2D eigenvalue weighted by atomic mass is 16.1. The molecule has 0 amide bonds. The molecule has 0 unspecified atom stereocenters. The Labute approximate surface area is 130 Å². The van der Waals surface area contributed by atoms with Gasteiger partial charge in [-0.05, 0) is 33.2 Å². The van der Waals surface area contributed by atoms with Gasteiger partial charge in [-0.25, -0.2) is 0 Å². The second-order valence-electron chi connectivity index (χ2n) is 5.43. The Morgan fingerprint density at radius 3 is 2.73 bits per heavy atom. The molecule has 0 radical (unpaired) electrons. The van der Waals surface area contributed by atoms with Gasteiger partial charge in [0, 0.05) is 28.0 Å². The summed E-state index contributed by atoms with van der Waals surface area (Å²) in [6.45, 7) is 10.2. The maximum absolute atomic E-state index is 12.6. The van der Waals surface area contributed by atoms with Gasteiger partial charge < -0.3 is 9.47 Å². The van der Waals surface area contributed by atoms with E-state index in [4.69, 9.17) is 0 Å². The minimum absolute atomic E-state index is 0.0724. The maximum atomic E-state index is 12.6. The summed E-state index contributed by atoms with van der Waals surface area (Å²) in [4.78, 5) is 18.6. The number of aromatic nitrogens is 2. The van der Waals surface area contributed by atoms with Crippen molar-refractivity contribution in [3.05, 3.63) is 59.0 Å². The van der Waals surface area contributed by atoms with Crippen molar-refractivity contribution in [3.8, 4) is 5.69 Å². The van der Waals surface area contributed by atoms with Crippen molar-refractivity contribution < 1.29 is 4.79 Å². The van der Waals surface area contributed by atoms with E-state index in [1.54, 1.807) is 18.5 Å². The minimum Gasteiger partial charge on any atom is -0.312 e. The van der Waals surface area contributed by atoms with Crippen LogP contribution in [0.2, 0.25) is 0 Å². The van der Waals surface area contributed by atoms with E-state index >= 15 is 0 Å². The molecule has 0 aromatic carbocycles. The lowest BCUT2D eigenvalue weighted by molar-refractivity contribution is 0.0956. The van der Waals surface area contributed by atoms with Crippen molar-refractivity contribution in [1.29, 1.82) is 0 Å². The van der Waals surface area contributed by atoms with Crippen LogP contribution in [-0.2, 0) is 0 Å². The first-order chi connectivity index (χ1) is 10.5. The maximum Gasteiger partial charge on any atom is 0.179 e. The zero-order chi connectivity index (χ0) is 16.3. The van der Waals surface area contributed by atoms with E-state index in [1.807, 2.05) is 48.7 Å². The van der Waals surface area contributed by atoms with E-state index in [0.29, 0.717) is 12.1 Å². The van der Waals surface area contributed by atoms with E-state index in [2.05, 4.69) is 18.1 Å². The Balaban J connectivity index is 2.75. The summed E-state index contributed by atoms with van der Waals surface area (Å²) in [5.41, 5.74) is 2.47. The molecule has 0 fully saturated rings. The van der Waals surface area contributed by atoms with Crippen LogP contribution < -0.4 is 10.6 Å². The molecule has 0 saturated heterocycles. The molecule has 2 heterocycles. The van der Waals surface area contributed by atoms with E-state index < -0.39 is 0 Å². The molecule has 4 heteroatoms. The van der Waals surface area contributed by atoms with Gasteiger partial charge in [-0.15, -0.1) is 0 Å². The first kappa shape index (κ1) is 15.9. The van der Waals surface area contributed by atoms with E-state index in [0.717, 1.165) is 21.9 Å². The Kier molecular flexibility index (Phi) is 4.73. The van der Waals surface area contributed by atoms with Crippen molar-refractivity contribution in [2.24, 2.45) is 0 Å². The molecule has 0 N–H and O–H groups in total. The lowest BCUT2D eigenvalue weighted by Crippen LogP contribution is -2.31. The van der Waals surface area contributed by atoms with Crippen LogP contribution >= 0.6 is 0 Å². The highest BCUT2D eigenvalue weighted by molar-refractivity contribution is 5.99. The number of rotatable bonds is 5. The fraction of sp³-hybridized carbons (Fsp3) is 0.222. The molecule has 22 heavy (non-hydrogen) atoms. The smallest absolute Gasteiger partial charge is 0.179 e. The molecule has 0 aliphatic rings. The Hall–Kier alpha value is -2.46. The average molecular weight is 295 g/mol. The Morgan fingerprint density at radius 2 is 2.18 bits per heavy atom. The topological polar surface area (TPSA) is 38.1 Å². The number of Topliss-reactive ketones (excluding diaryl/α,β-unsaturated/α-hetero) is 1. The van der Waals surface area contributed by atoms with Gasteiger partial charge in [-0.1, -0.05) is 25.3 Å². The Morgan fingerprint density at radius 1 is 1.45 bits per heavy atom.